The zero-order chi connectivity index (χ0) is 16.1. The molecule has 2 aromatic carbocycles. The Kier molecular flexibility index (Phi) is 5.25. The zero-order valence-corrected chi connectivity index (χ0v) is 13.0. The molecule has 114 valence electrons. The lowest BCUT2D eigenvalue weighted by molar-refractivity contribution is 0.0602. The third-order valence-corrected chi connectivity index (χ3v) is 3.22. The van der Waals surface area contributed by atoms with E-state index in [1.807, 2.05) is 0 Å². The fourth-order valence-electron chi connectivity index (χ4n) is 1.72. The van der Waals surface area contributed by atoms with Crippen molar-refractivity contribution in [2.75, 3.05) is 17.7 Å². The molecule has 0 radical (unpaired) electrons. The summed E-state index contributed by atoms with van der Waals surface area (Å²) in [6.07, 6.45) is 0. The van der Waals surface area contributed by atoms with E-state index >= 15 is 0 Å². The summed E-state index contributed by atoms with van der Waals surface area (Å²) >= 11 is 11.6. The minimum atomic E-state index is -0.593. The molecule has 0 aliphatic heterocycles. The first-order chi connectivity index (χ1) is 10.5. The Morgan fingerprint density at radius 1 is 0.955 bits per heavy atom. The zero-order valence-electron chi connectivity index (χ0n) is 11.5. The van der Waals surface area contributed by atoms with Gasteiger partial charge in [0.05, 0.1) is 18.4 Å². The molecule has 0 aliphatic carbocycles. The van der Waals surface area contributed by atoms with Gasteiger partial charge in [-0.05, 0) is 42.5 Å². The Bertz CT molecular complexity index is 702. The van der Waals surface area contributed by atoms with Crippen LogP contribution in [0.1, 0.15) is 10.4 Å². The van der Waals surface area contributed by atoms with Crippen molar-refractivity contribution in [3.8, 4) is 0 Å². The molecule has 0 saturated carbocycles. The number of rotatable bonds is 3. The summed E-state index contributed by atoms with van der Waals surface area (Å²) in [7, 11) is 1.25. The van der Waals surface area contributed by atoms with E-state index in [2.05, 4.69) is 15.4 Å². The number of urea groups is 1. The van der Waals surface area contributed by atoms with Crippen LogP contribution in [0.2, 0.25) is 10.0 Å². The molecule has 22 heavy (non-hydrogen) atoms. The van der Waals surface area contributed by atoms with Crippen LogP contribution in [0.5, 0.6) is 0 Å². The van der Waals surface area contributed by atoms with Crippen molar-refractivity contribution in [2.24, 2.45) is 0 Å². The standard InChI is InChI=1S/C15H12Cl2N2O3/c1-22-14(20)12-8-10(17)4-7-13(12)19-15(21)18-11-5-2-9(16)3-6-11/h2-8H,1H3,(H2,18,19,21). The molecule has 2 amide bonds. The van der Waals surface area contributed by atoms with E-state index < -0.39 is 12.0 Å². The molecular weight excluding hydrogens is 327 g/mol. The molecule has 2 rings (SSSR count). The van der Waals surface area contributed by atoms with Crippen LogP contribution in [0.3, 0.4) is 0 Å². The van der Waals surface area contributed by atoms with E-state index in [4.69, 9.17) is 23.2 Å². The minimum absolute atomic E-state index is 0.168. The molecule has 7 heteroatoms. The fourth-order valence-corrected chi connectivity index (χ4v) is 2.02. The summed E-state index contributed by atoms with van der Waals surface area (Å²) in [4.78, 5) is 23.7. The van der Waals surface area contributed by atoms with Gasteiger partial charge >= 0.3 is 12.0 Å². The Morgan fingerprint density at radius 3 is 2.23 bits per heavy atom. The molecule has 0 atom stereocenters. The molecule has 0 bridgehead atoms. The fraction of sp³-hybridized carbons (Fsp3) is 0.0667. The highest BCUT2D eigenvalue weighted by Crippen LogP contribution is 2.22. The van der Waals surface area contributed by atoms with Crippen molar-refractivity contribution in [2.45, 2.75) is 0 Å². The van der Waals surface area contributed by atoms with Crippen LogP contribution in [-0.2, 0) is 4.74 Å². The van der Waals surface area contributed by atoms with Gasteiger partial charge in [-0.1, -0.05) is 23.2 Å². The molecule has 2 N–H and O–H groups in total. The number of hydrogen-bond acceptors (Lipinski definition) is 3. The summed E-state index contributed by atoms with van der Waals surface area (Å²) in [6.45, 7) is 0. The van der Waals surface area contributed by atoms with Gasteiger partial charge in [0, 0.05) is 15.7 Å². The number of anilines is 2. The summed E-state index contributed by atoms with van der Waals surface area (Å²) in [5, 5.41) is 6.13. The second-order valence-corrected chi connectivity index (χ2v) is 5.14. The van der Waals surface area contributed by atoms with Crippen molar-refractivity contribution >= 4 is 46.6 Å². The third-order valence-electron chi connectivity index (χ3n) is 2.74. The van der Waals surface area contributed by atoms with Crippen molar-refractivity contribution in [3.63, 3.8) is 0 Å². The molecule has 0 saturated heterocycles. The summed E-state index contributed by atoms with van der Waals surface area (Å²) < 4.78 is 4.66. The number of hydrogen-bond donors (Lipinski definition) is 2. The number of amides is 2. The molecule has 5 nitrogen and oxygen atoms in total. The lowest BCUT2D eigenvalue weighted by Gasteiger charge is -2.11. The largest absolute Gasteiger partial charge is 0.465 e. The monoisotopic (exact) mass is 338 g/mol. The van der Waals surface area contributed by atoms with Gasteiger partial charge in [-0.25, -0.2) is 9.59 Å². The van der Waals surface area contributed by atoms with Crippen molar-refractivity contribution in [3.05, 3.63) is 58.1 Å². The van der Waals surface area contributed by atoms with Crippen LogP contribution in [0.25, 0.3) is 0 Å². The number of carbonyl (C=O) groups is 2. The lowest BCUT2D eigenvalue weighted by Crippen LogP contribution is -2.21. The maximum Gasteiger partial charge on any atom is 0.340 e. The van der Waals surface area contributed by atoms with E-state index in [0.717, 1.165) is 0 Å². The highest BCUT2D eigenvalue weighted by atomic mass is 35.5. The predicted octanol–water partition coefficient (Wildman–Crippen LogP) is 4.42. The quantitative estimate of drug-likeness (QED) is 0.813. The topological polar surface area (TPSA) is 67.4 Å². The highest BCUT2D eigenvalue weighted by Gasteiger charge is 2.14. The maximum absolute atomic E-state index is 12.0. The Hall–Kier alpha value is -2.24. The van der Waals surface area contributed by atoms with Crippen molar-refractivity contribution in [1.82, 2.24) is 0 Å². The van der Waals surface area contributed by atoms with E-state index in [1.54, 1.807) is 30.3 Å². The minimum Gasteiger partial charge on any atom is -0.465 e. The number of esters is 1. The predicted molar refractivity (Wildman–Crippen MR) is 86.9 cm³/mol. The number of ether oxygens (including phenoxy) is 1. The highest BCUT2D eigenvalue weighted by molar-refractivity contribution is 6.31. The van der Waals surface area contributed by atoms with Gasteiger partial charge < -0.3 is 15.4 Å². The number of halogens is 2. The second-order valence-electron chi connectivity index (χ2n) is 4.27. The SMILES string of the molecule is COC(=O)c1cc(Cl)ccc1NC(=O)Nc1ccc(Cl)cc1. The van der Waals surface area contributed by atoms with Gasteiger partial charge in [0.25, 0.3) is 0 Å². The normalized spacial score (nSPS) is 9.95. The first-order valence-electron chi connectivity index (χ1n) is 6.21. The molecule has 0 heterocycles. The van der Waals surface area contributed by atoms with Crippen LogP contribution in [0, 0.1) is 0 Å². The van der Waals surface area contributed by atoms with Gasteiger partial charge in [0.2, 0.25) is 0 Å². The average Bonchev–Trinajstić information content (AvgIpc) is 2.50. The summed E-state index contributed by atoms with van der Waals surface area (Å²) in [5.74, 6) is -0.593. The molecule has 0 unspecified atom stereocenters. The molecular formula is C15H12Cl2N2O3. The number of benzene rings is 2. The van der Waals surface area contributed by atoms with Crippen LogP contribution in [0.15, 0.2) is 42.5 Å². The third kappa shape index (κ3) is 4.13. The van der Waals surface area contributed by atoms with Gasteiger partial charge in [0.1, 0.15) is 0 Å². The Balaban J connectivity index is 2.14. The maximum atomic E-state index is 12.0. The smallest absolute Gasteiger partial charge is 0.340 e. The number of carbonyl (C=O) groups excluding carboxylic acids is 2. The van der Waals surface area contributed by atoms with Crippen molar-refractivity contribution in [1.29, 1.82) is 0 Å². The summed E-state index contributed by atoms with van der Waals surface area (Å²) in [5.41, 5.74) is 1.03. The second kappa shape index (κ2) is 7.15. The van der Waals surface area contributed by atoms with Gasteiger partial charge in [-0.3, -0.25) is 0 Å². The van der Waals surface area contributed by atoms with Crippen LogP contribution in [0.4, 0.5) is 16.2 Å². The number of nitrogens with one attached hydrogen (secondary N) is 2. The van der Waals surface area contributed by atoms with E-state index in [-0.39, 0.29) is 5.56 Å². The molecule has 0 aliphatic rings. The van der Waals surface area contributed by atoms with E-state index in [9.17, 15) is 9.59 Å². The van der Waals surface area contributed by atoms with E-state index in [0.29, 0.717) is 21.4 Å². The Labute approximate surface area is 137 Å². The van der Waals surface area contributed by atoms with Gasteiger partial charge in [0.15, 0.2) is 0 Å². The van der Waals surface area contributed by atoms with Crippen LogP contribution < -0.4 is 10.6 Å². The van der Waals surface area contributed by atoms with Crippen molar-refractivity contribution < 1.29 is 14.3 Å². The van der Waals surface area contributed by atoms with Crippen LogP contribution >= 0.6 is 23.2 Å². The number of methoxy groups -OCH3 is 1. The molecule has 0 spiro atoms. The molecule has 0 aromatic heterocycles. The van der Waals surface area contributed by atoms with Gasteiger partial charge in [-0.2, -0.15) is 0 Å². The van der Waals surface area contributed by atoms with Gasteiger partial charge in [-0.15, -0.1) is 0 Å². The first kappa shape index (κ1) is 16.1. The van der Waals surface area contributed by atoms with Crippen LogP contribution in [-0.4, -0.2) is 19.1 Å². The molecule has 2 aromatic rings. The Morgan fingerprint density at radius 2 is 1.59 bits per heavy atom. The molecule has 0 fully saturated rings. The average molecular weight is 339 g/mol. The lowest BCUT2D eigenvalue weighted by atomic mass is 10.2. The van der Waals surface area contributed by atoms with E-state index in [1.165, 1.54) is 19.2 Å². The first-order valence-corrected chi connectivity index (χ1v) is 6.96. The summed E-state index contributed by atoms with van der Waals surface area (Å²) in [6, 6.07) is 10.6.